The van der Waals surface area contributed by atoms with Gasteiger partial charge in [0.25, 0.3) is 0 Å². The second-order valence-corrected chi connectivity index (χ2v) is 4.41. The number of nitrogens with one attached hydrogen (secondary N) is 1. The molecule has 1 aliphatic rings. The second kappa shape index (κ2) is 4.28. The Kier molecular flexibility index (Phi) is 3.02. The molecule has 0 aliphatic carbocycles. The van der Waals surface area contributed by atoms with Crippen molar-refractivity contribution in [3.8, 4) is 0 Å². The van der Waals surface area contributed by atoms with Gasteiger partial charge in [-0.05, 0) is 13.8 Å². The molecule has 5 heteroatoms. The first kappa shape index (κ1) is 10.6. The van der Waals surface area contributed by atoms with Gasteiger partial charge < -0.3 is 5.32 Å². The van der Waals surface area contributed by atoms with Crippen LogP contribution >= 0.6 is 0 Å². The van der Waals surface area contributed by atoms with Crippen molar-refractivity contribution in [1.82, 2.24) is 25.2 Å². The van der Waals surface area contributed by atoms with E-state index in [2.05, 4.69) is 34.4 Å². The largest absolute Gasteiger partial charge is 0.314 e. The first-order valence-corrected chi connectivity index (χ1v) is 5.48. The molecule has 5 nitrogen and oxygen atoms in total. The normalized spacial score (nSPS) is 28.2. The standard InChI is InChI=1S/C10H19N5/c1-8-4-11-5-9(2)15(8)7-10-6-14(3)13-12-10/h6,8-9,11H,4-5,7H2,1-3H3/t8-,9+. The molecule has 2 heterocycles. The Labute approximate surface area is 90.5 Å². The zero-order chi connectivity index (χ0) is 10.8. The van der Waals surface area contributed by atoms with Gasteiger partial charge in [-0.1, -0.05) is 5.21 Å². The summed E-state index contributed by atoms with van der Waals surface area (Å²) >= 11 is 0. The molecule has 0 saturated carbocycles. The van der Waals surface area contributed by atoms with E-state index in [-0.39, 0.29) is 0 Å². The van der Waals surface area contributed by atoms with Crippen molar-refractivity contribution in [2.45, 2.75) is 32.5 Å². The maximum absolute atomic E-state index is 4.13. The molecule has 1 fully saturated rings. The quantitative estimate of drug-likeness (QED) is 0.744. The lowest BCUT2D eigenvalue weighted by Crippen LogP contribution is -2.54. The Hall–Kier alpha value is -0.940. The molecule has 0 aromatic carbocycles. The molecule has 1 aromatic heterocycles. The van der Waals surface area contributed by atoms with Crippen LogP contribution in [0.1, 0.15) is 19.5 Å². The van der Waals surface area contributed by atoms with Crippen molar-refractivity contribution < 1.29 is 0 Å². The van der Waals surface area contributed by atoms with Gasteiger partial charge >= 0.3 is 0 Å². The number of hydrogen-bond donors (Lipinski definition) is 1. The Balaban J connectivity index is 2.03. The fourth-order valence-corrected chi connectivity index (χ4v) is 2.14. The van der Waals surface area contributed by atoms with Crippen molar-refractivity contribution in [2.24, 2.45) is 7.05 Å². The molecule has 84 valence electrons. The van der Waals surface area contributed by atoms with E-state index in [1.807, 2.05) is 13.2 Å². The highest BCUT2D eigenvalue weighted by Crippen LogP contribution is 2.12. The summed E-state index contributed by atoms with van der Waals surface area (Å²) in [6, 6.07) is 1.13. The van der Waals surface area contributed by atoms with Crippen molar-refractivity contribution in [3.05, 3.63) is 11.9 Å². The zero-order valence-electron chi connectivity index (χ0n) is 9.64. The lowest BCUT2D eigenvalue weighted by atomic mass is 10.1. The minimum atomic E-state index is 0.566. The van der Waals surface area contributed by atoms with Gasteiger partial charge in [0.2, 0.25) is 0 Å². The molecule has 0 spiro atoms. The Morgan fingerprint density at radius 1 is 1.40 bits per heavy atom. The minimum Gasteiger partial charge on any atom is -0.314 e. The molecule has 0 radical (unpaired) electrons. The van der Waals surface area contributed by atoms with Crippen LogP contribution in [-0.2, 0) is 13.6 Å². The van der Waals surface area contributed by atoms with E-state index in [1.54, 1.807) is 4.68 Å². The van der Waals surface area contributed by atoms with E-state index < -0.39 is 0 Å². The number of piperazine rings is 1. The first-order chi connectivity index (χ1) is 7.16. The first-order valence-electron chi connectivity index (χ1n) is 5.48. The van der Waals surface area contributed by atoms with Crippen LogP contribution in [0, 0.1) is 0 Å². The van der Waals surface area contributed by atoms with E-state index in [4.69, 9.17) is 0 Å². The van der Waals surface area contributed by atoms with Gasteiger partial charge in [0, 0.05) is 45.0 Å². The maximum atomic E-state index is 4.13. The third kappa shape index (κ3) is 2.35. The summed E-state index contributed by atoms with van der Waals surface area (Å²) in [4.78, 5) is 2.47. The topological polar surface area (TPSA) is 46.0 Å². The predicted octanol–water partition coefficient (Wildman–Crippen LogP) is -0.00270. The van der Waals surface area contributed by atoms with E-state index >= 15 is 0 Å². The Bertz CT molecular complexity index is 311. The van der Waals surface area contributed by atoms with Crippen LogP contribution in [0.4, 0.5) is 0 Å². The zero-order valence-corrected chi connectivity index (χ0v) is 9.64. The maximum Gasteiger partial charge on any atom is 0.0967 e. The van der Waals surface area contributed by atoms with Crippen LogP contribution in [0.5, 0.6) is 0 Å². The van der Waals surface area contributed by atoms with Gasteiger partial charge in [0.1, 0.15) is 0 Å². The van der Waals surface area contributed by atoms with Crippen LogP contribution in [-0.4, -0.2) is 45.1 Å². The average molecular weight is 209 g/mol. The average Bonchev–Trinajstić information content (AvgIpc) is 2.58. The smallest absolute Gasteiger partial charge is 0.0967 e. The summed E-state index contributed by atoms with van der Waals surface area (Å²) in [7, 11) is 1.90. The van der Waals surface area contributed by atoms with Gasteiger partial charge in [-0.3, -0.25) is 9.58 Å². The van der Waals surface area contributed by atoms with Crippen molar-refractivity contribution >= 4 is 0 Å². The van der Waals surface area contributed by atoms with Crippen LogP contribution in [0.2, 0.25) is 0 Å². The summed E-state index contributed by atoms with van der Waals surface area (Å²) in [6.45, 7) is 7.52. The van der Waals surface area contributed by atoms with Crippen LogP contribution < -0.4 is 5.32 Å². The van der Waals surface area contributed by atoms with Gasteiger partial charge in [0.05, 0.1) is 5.69 Å². The molecule has 1 saturated heterocycles. The summed E-state index contributed by atoms with van der Waals surface area (Å²) in [5, 5.41) is 11.5. The third-order valence-electron chi connectivity index (χ3n) is 3.01. The number of rotatable bonds is 2. The number of aryl methyl sites for hydroxylation is 1. The molecular formula is C10H19N5. The molecule has 1 N–H and O–H groups in total. The fraction of sp³-hybridized carbons (Fsp3) is 0.800. The van der Waals surface area contributed by atoms with Crippen molar-refractivity contribution in [1.29, 1.82) is 0 Å². The summed E-state index contributed by atoms with van der Waals surface area (Å²) in [5.41, 5.74) is 1.05. The van der Waals surface area contributed by atoms with Gasteiger partial charge in [0.15, 0.2) is 0 Å². The number of hydrogen-bond acceptors (Lipinski definition) is 4. The van der Waals surface area contributed by atoms with Gasteiger partial charge in [-0.2, -0.15) is 0 Å². The van der Waals surface area contributed by atoms with E-state index in [0.717, 1.165) is 25.3 Å². The monoisotopic (exact) mass is 209 g/mol. The minimum absolute atomic E-state index is 0.566. The summed E-state index contributed by atoms with van der Waals surface area (Å²) < 4.78 is 1.76. The predicted molar refractivity (Wildman–Crippen MR) is 58.3 cm³/mol. The molecule has 0 bridgehead atoms. The number of aromatic nitrogens is 3. The van der Waals surface area contributed by atoms with Crippen molar-refractivity contribution in [3.63, 3.8) is 0 Å². The SMILES string of the molecule is C[C@@H]1CNC[C@H](C)N1Cc1cn(C)nn1. The second-order valence-electron chi connectivity index (χ2n) is 4.41. The van der Waals surface area contributed by atoms with Gasteiger partial charge in [-0.15, -0.1) is 5.10 Å². The fourth-order valence-electron chi connectivity index (χ4n) is 2.14. The highest BCUT2D eigenvalue weighted by molar-refractivity contribution is 4.95. The number of nitrogens with zero attached hydrogens (tertiary/aromatic N) is 4. The third-order valence-corrected chi connectivity index (χ3v) is 3.01. The summed E-state index contributed by atoms with van der Waals surface area (Å²) in [5.74, 6) is 0. The van der Waals surface area contributed by atoms with Crippen molar-refractivity contribution in [2.75, 3.05) is 13.1 Å². The molecule has 15 heavy (non-hydrogen) atoms. The highest BCUT2D eigenvalue weighted by Gasteiger charge is 2.24. The highest BCUT2D eigenvalue weighted by atomic mass is 15.4. The van der Waals surface area contributed by atoms with Crippen LogP contribution in [0.15, 0.2) is 6.20 Å². The Morgan fingerprint density at radius 2 is 2.07 bits per heavy atom. The molecule has 0 amide bonds. The molecule has 1 aromatic rings. The molecular weight excluding hydrogens is 190 g/mol. The molecule has 1 aliphatic heterocycles. The lowest BCUT2D eigenvalue weighted by Gasteiger charge is -2.38. The van der Waals surface area contributed by atoms with E-state index in [1.165, 1.54) is 0 Å². The molecule has 0 unspecified atom stereocenters. The van der Waals surface area contributed by atoms with Crippen LogP contribution in [0.3, 0.4) is 0 Å². The van der Waals surface area contributed by atoms with E-state index in [9.17, 15) is 0 Å². The molecule has 2 atom stereocenters. The molecule has 2 rings (SSSR count). The van der Waals surface area contributed by atoms with Gasteiger partial charge in [-0.25, -0.2) is 0 Å². The van der Waals surface area contributed by atoms with Crippen LogP contribution in [0.25, 0.3) is 0 Å². The lowest BCUT2D eigenvalue weighted by molar-refractivity contribution is 0.107. The van der Waals surface area contributed by atoms with E-state index in [0.29, 0.717) is 12.1 Å². The Morgan fingerprint density at radius 3 is 2.60 bits per heavy atom. The summed E-state index contributed by atoms with van der Waals surface area (Å²) in [6.07, 6.45) is 1.99.